The van der Waals surface area contributed by atoms with Gasteiger partial charge in [-0.2, -0.15) is 0 Å². The maximum absolute atomic E-state index is 6.24. The number of hydrogen-bond donors (Lipinski definition) is 0. The van der Waals surface area contributed by atoms with Crippen LogP contribution in [0, 0.1) is 13.8 Å². The maximum atomic E-state index is 6.24. The van der Waals surface area contributed by atoms with E-state index in [1.165, 1.54) is 5.56 Å². The topological polar surface area (TPSA) is 53.2 Å². The van der Waals surface area contributed by atoms with Crippen molar-refractivity contribution < 1.29 is 18.6 Å². The predicted molar refractivity (Wildman–Crippen MR) is 122 cm³/mol. The monoisotopic (exact) mass is 415 g/mol. The molecule has 1 aromatic heterocycles. The fourth-order valence-corrected chi connectivity index (χ4v) is 3.56. The third kappa shape index (κ3) is 4.12. The maximum Gasteiger partial charge on any atom is 0.161 e. The predicted octanol–water partition coefficient (Wildman–Crippen LogP) is 5.97. The van der Waals surface area contributed by atoms with Crippen molar-refractivity contribution in [2.24, 2.45) is 4.99 Å². The van der Waals surface area contributed by atoms with Gasteiger partial charge in [0.1, 0.15) is 17.1 Å². The molecule has 0 aliphatic heterocycles. The minimum absolute atomic E-state index is 0.637. The molecule has 0 aliphatic carbocycles. The molecule has 0 fully saturated rings. The summed E-state index contributed by atoms with van der Waals surface area (Å²) in [5, 5.41) is 1.68. The quantitative estimate of drug-likeness (QED) is 0.403. The number of nitrogens with zero attached hydrogens (tertiary/aromatic N) is 1. The van der Waals surface area contributed by atoms with Gasteiger partial charge in [-0.25, -0.2) is 4.99 Å². The molecule has 0 atom stereocenters. The van der Waals surface area contributed by atoms with Crippen LogP contribution in [0.1, 0.15) is 11.1 Å². The van der Waals surface area contributed by atoms with Crippen molar-refractivity contribution in [2.75, 3.05) is 21.3 Å². The van der Waals surface area contributed by atoms with Crippen molar-refractivity contribution in [1.29, 1.82) is 0 Å². The van der Waals surface area contributed by atoms with Crippen LogP contribution in [0.2, 0.25) is 0 Å². The minimum Gasteiger partial charge on any atom is -0.497 e. The summed E-state index contributed by atoms with van der Waals surface area (Å²) in [5.74, 6) is 2.73. The van der Waals surface area contributed by atoms with E-state index in [1.54, 1.807) is 21.3 Å². The van der Waals surface area contributed by atoms with Crippen LogP contribution in [-0.4, -0.2) is 21.3 Å². The molecule has 158 valence electrons. The number of aryl methyl sites for hydroxylation is 2. The number of rotatable bonds is 5. The highest BCUT2D eigenvalue weighted by atomic mass is 16.5. The molecular formula is C26H25NO4. The first kappa shape index (κ1) is 20.5. The van der Waals surface area contributed by atoms with Crippen LogP contribution in [0.15, 0.2) is 70.1 Å². The number of ether oxygens (including phenoxy) is 3. The average Bonchev–Trinajstić information content (AvgIpc) is 2.79. The Bertz CT molecular complexity index is 1320. The van der Waals surface area contributed by atoms with Crippen LogP contribution in [0.4, 0.5) is 5.69 Å². The summed E-state index contributed by atoms with van der Waals surface area (Å²) in [6.45, 7) is 4.14. The van der Waals surface area contributed by atoms with E-state index in [9.17, 15) is 0 Å². The molecule has 1 heterocycles. The third-order valence-corrected chi connectivity index (χ3v) is 5.21. The number of benzene rings is 3. The smallest absolute Gasteiger partial charge is 0.161 e. The number of fused-ring (bicyclic) bond motifs is 1. The standard InChI is InChI=1S/C26H25NO4/c1-16-6-9-21(17(2)12-16)27-22-15-25(18-7-10-24(29-4)26(13-18)30-5)31-23-11-8-19(28-3)14-20(22)23/h6-15H,1-5H3. The Balaban J connectivity index is 1.98. The van der Waals surface area contributed by atoms with E-state index in [4.69, 9.17) is 23.6 Å². The zero-order valence-electron chi connectivity index (χ0n) is 18.4. The molecule has 4 rings (SSSR count). The Hall–Kier alpha value is -3.73. The first-order valence-corrected chi connectivity index (χ1v) is 9.98. The lowest BCUT2D eigenvalue weighted by atomic mass is 10.1. The van der Waals surface area contributed by atoms with E-state index in [0.29, 0.717) is 17.3 Å². The fourth-order valence-electron chi connectivity index (χ4n) is 3.56. The average molecular weight is 415 g/mol. The van der Waals surface area contributed by atoms with Crippen LogP contribution in [-0.2, 0) is 0 Å². The second-order valence-corrected chi connectivity index (χ2v) is 7.33. The molecule has 0 bridgehead atoms. The summed E-state index contributed by atoms with van der Waals surface area (Å²) in [6, 6.07) is 19.6. The van der Waals surface area contributed by atoms with Gasteiger partial charge in [0.05, 0.1) is 32.4 Å². The minimum atomic E-state index is 0.637. The number of methoxy groups -OCH3 is 3. The van der Waals surface area contributed by atoms with Crippen LogP contribution in [0.3, 0.4) is 0 Å². The molecule has 5 heteroatoms. The highest BCUT2D eigenvalue weighted by Gasteiger charge is 2.11. The second-order valence-electron chi connectivity index (χ2n) is 7.33. The SMILES string of the molecule is COc1ccc2oc(-c3ccc(OC)c(OC)c3)cc(=Nc3ccc(C)cc3C)c2c1. The molecule has 0 unspecified atom stereocenters. The molecule has 0 saturated heterocycles. The highest BCUT2D eigenvalue weighted by molar-refractivity contribution is 5.80. The van der Waals surface area contributed by atoms with Gasteiger partial charge in [0.15, 0.2) is 11.5 Å². The zero-order valence-corrected chi connectivity index (χ0v) is 18.4. The Morgan fingerprint density at radius 1 is 0.742 bits per heavy atom. The van der Waals surface area contributed by atoms with Gasteiger partial charge >= 0.3 is 0 Å². The first-order chi connectivity index (χ1) is 15.0. The summed E-state index contributed by atoms with van der Waals surface area (Å²) in [7, 11) is 4.88. The van der Waals surface area contributed by atoms with Gasteiger partial charge < -0.3 is 18.6 Å². The Morgan fingerprint density at radius 3 is 2.26 bits per heavy atom. The molecule has 0 amide bonds. The highest BCUT2D eigenvalue weighted by Crippen LogP contribution is 2.33. The molecule has 31 heavy (non-hydrogen) atoms. The molecule has 3 aromatic carbocycles. The van der Waals surface area contributed by atoms with Crippen LogP contribution in [0.5, 0.6) is 17.2 Å². The molecule has 0 radical (unpaired) electrons. The van der Waals surface area contributed by atoms with Crippen LogP contribution < -0.4 is 19.6 Å². The van der Waals surface area contributed by atoms with Gasteiger partial charge in [0.2, 0.25) is 0 Å². The van der Waals surface area contributed by atoms with Gasteiger partial charge in [-0.3, -0.25) is 0 Å². The van der Waals surface area contributed by atoms with E-state index in [-0.39, 0.29) is 0 Å². The van der Waals surface area contributed by atoms with Crippen molar-refractivity contribution >= 4 is 16.7 Å². The first-order valence-electron chi connectivity index (χ1n) is 9.98. The summed E-state index contributed by atoms with van der Waals surface area (Å²) < 4.78 is 22.5. The molecule has 0 saturated carbocycles. The van der Waals surface area contributed by atoms with Gasteiger partial charge in [-0.15, -0.1) is 0 Å². The van der Waals surface area contributed by atoms with Crippen molar-refractivity contribution in [3.8, 4) is 28.6 Å². The Kier molecular flexibility index (Phi) is 5.67. The Morgan fingerprint density at radius 2 is 1.55 bits per heavy atom. The van der Waals surface area contributed by atoms with Crippen molar-refractivity contribution in [3.05, 3.63) is 77.1 Å². The lowest BCUT2D eigenvalue weighted by Crippen LogP contribution is -2.04. The van der Waals surface area contributed by atoms with Crippen molar-refractivity contribution in [2.45, 2.75) is 13.8 Å². The lowest BCUT2D eigenvalue weighted by molar-refractivity contribution is 0.355. The molecule has 0 aliphatic rings. The van der Waals surface area contributed by atoms with Gasteiger partial charge in [-0.1, -0.05) is 17.7 Å². The zero-order chi connectivity index (χ0) is 22.0. The van der Waals surface area contributed by atoms with E-state index in [0.717, 1.165) is 38.9 Å². The van der Waals surface area contributed by atoms with Crippen molar-refractivity contribution in [1.82, 2.24) is 0 Å². The molecule has 0 spiro atoms. The molecule has 4 aromatic rings. The molecular weight excluding hydrogens is 390 g/mol. The summed E-state index contributed by atoms with van der Waals surface area (Å²) in [6.07, 6.45) is 0. The molecule has 0 N–H and O–H groups in total. The summed E-state index contributed by atoms with van der Waals surface area (Å²) in [5.41, 5.74) is 4.82. The second kappa shape index (κ2) is 8.56. The lowest BCUT2D eigenvalue weighted by Gasteiger charge is -2.11. The largest absolute Gasteiger partial charge is 0.497 e. The third-order valence-electron chi connectivity index (χ3n) is 5.21. The number of hydrogen-bond acceptors (Lipinski definition) is 5. The van der Waals surface area contributed by atoms with Crippen LogP contribution >= 0.6 is 0 Å². The van der Waals surface area contributed by atoms with Crippen molar-refractivity contribution in [3.63, 3.8) is 0 Å². The Labute approximate surface area is 181 Å². The van der Waals surface area contributed by atoms with Gasteiger partial charge in [0.25, 0.3) is 0 Å². The van der Waals surface area contributed by atoms with E-state index in [1.807, 2.05) is 48.5 Å². The van der Waals surface area contributed by atoms with Crippen LogP contribution in [0.25, 0.3) is 22.3 Å². The summed E-state index contributed by atoms with van der Waals surface area (Å²) >= 11 is 0. The van der Waals surface area contributed by atoms with E-state index < -0.39 is 0 Å². The van der Waals surface area contributed by atoms with Gasteiger partial charge in [-0.05, 0) is 61.9 Å². The van der Waals surface area contributed by atoms with E-state index >= 15 is 0 Å². The normalized spacial score (nSPS) is 11.6. The molecule has 5 nitrogen and oxygen atoms in total. The van der Waals surface area contributed by atoms with Gasteiger partial charge in [0, 0.05) is 17.0 Å². The fraction of sp³-hybridized carbons (Fsp3) is 0.192. The summed E-state index contributed by atoms with van der Waals surface area (Å²) in [4.78, 5) is 4.98. The van der Waals surface area contributed by atoms with E-state index in [2.05, 4.69) is 26.0 Å².